The van der Waals surface area contributed by atoms with E-state index in [2.05, 4.69) is 28.2 Å². The number of aromatic nitrogens is 3. The van der Waals surface area contributed by atoms with Gasteiger partial charge in [-0.05, 0) is 61.3 Å². The van der Waals surface area contributed by atoms with Crippen LogP contribution >= 0.6 is 0 Å². The molecule has 7 heterocycles. The zero-order valence-electron chi connectivity index (χ0n) is 32.5. The normalized spacial score (nSPS) is 15.0. The number of pyridine rings is 3. The van der Waals surface area contributed by atoms with E-state index in [1.54, 1.807) is 12.4 Å². The van der Waals surface area contributed by atoms with Gasteiger partial charge in [0, 0.05) is 35.3 Å². The molecule has 4 aliphatic heterocycles. The molecule has 0 atom stereocenters. The Hall–Kier alpha value is -5.07. The van der Waals surface area contributed by atoms with Crippen LogP contribution in [-0.4, -0.2) is 41.4 Å². The standard InChI is InChI=1S/C49H50N3O4.Rh/c1-3-7-11-35-55-46-21-15-31-50-48(46)40-17-13-18-41(37-40)49-47(22-16-32-51-49)56-36-12-8-4-2-6-10-34-54-43-29-25-39(26-30-43)45-20-14-19-44(52-45)38-23-27-42(28-24-38)53-33-9-5-1;/h13-23,25,27-32H,1-12,33-36H2;/q-3;+3. The zero-order chi connectivity index (χ0) is 38.0. The molecule has 6 aromatic rings. The van der Waals surface area contributed by atoms with Crippen LogP contribution < -0.4 is 18.9 Å². The van der Waals surface area contributed by atoms with Crippen LogP contribution in [0.2, 0.25) is 0 Å². The molecule has 0 saturated heterocycles. The van der Waals surface area contributed by atoms with Gasteiger partial charge in [-0.3, -0.25) is 9.97 Å². The van der Waals surface area contributed by atoms with Crippen molar-refractivity contribution >= 4 is 0 Å². The average Bonchev–Trinajstić information content (AvgIpc) is 3.25. The first kappa shape index (κ1) is 41.6. The third-order valence-corrected chi connectivity index (χ3v) is 9.85. The van der Waals surface area contributed by atoms with Crippen LogP contribution in [0, 0.1) is 18.2 Å². The van der Waals surface area contributed by atoms with Crippen molar-refractivity contribution in [1.82, 2.24) is 15.0 Å². The minimum Gasteiger partial charge on any atom is -0.537 e. The van der Waals surface area contributed by atoms with Gasteiger partial charge in [0.15, 0.2) is 0 Å². The van der Waals surface area contributed by atoms with Crippen molar-refractivity contribution in [3.05, 3.63) is 128 Å². The van der Waals surface area contributed by atoms with Gasteiger partial charge in [0.2, 0.25) is 0 Å². The summed E-state index contributed by atoms with van der Waals surface area (Å²) in [6.07, 6.45) is 16.8. The predicted molar refractivity (Wildman–Crippen MR) is 222 cm³/mol. The van der Waals surface area contributed by atoms with Crippen LogP contribution in [0.3, 0.4) is 0 Å². The summed E-state index contributed by atoms with van der Waals surface area (Å²) < 4.78 is 24.6. The number of hydrogen-bond acceptors (Lipinski definition) is 7. The smallest absolute Gasteiger partial charge is 0.537 e. The molecular weight excluding hydrogens is 797 g/mol. The van der Waals surface area contributed by atoms with Crippen molar-refractivity contribution < 1.29 is 38.4 Å². The van der Waals surface area contributed by atoms with E-state index >= 15 is 0 Å². The maximum Gasteiger partial charge on any atom is 3.00 e. The summed E-state index contributed by atoms with van der Waals surface area (Å²) in [5.41, 5.74) is 6.90. The summed E-state index contributed by atoms with van der Waals surface area (Å²) in [6, 6.07) is 42.1. The third kappa shape index (κ3) is 12.5. The van der Waals surface area contributed by atoms with Gasteiger partial charge in [0.25, 0.3) is 0 Å². The van der Waals surface area contributed by atoms with Crippen LogP contribution in [0.4, 0.5) is 0 Å². The number of benzene rings is 3. The van der Waals surface area contributed by atoms with E-state index in [9.17, 15) is 0 Å². The van der Waals surface area contributed by atoms with E-state index in [-0.39, 0.29) is 19.5 Å². The van der Waals surface area contributed by atoms with Crippen molar-refractivity contribution in [2.75, 3.05) is 26.4 Å². The number of hydrogen-bond donors (Lipinski definition) is 0. The molecule has 0 saturated carbocycles. The van der Waals surface area contributed by atoms with Crippen LogP contribution in [-0.2, 0) is 19.5 Å². The fraction of sp³-hybridized carbons (Fsp3) is 0.327. The molecule has 0 N–H and O–H groups in total. The van der Waals surface area contributed by atoms with Crippen LogP contribution in [0.15, 0.2) is 109 Å². The fourth-order valence-electron chi connectivity index (χ4n) is 6.78. The molecule has 0 fully saturated rings. The largest absolute Gasteiger partial charge is 3.00 e. The molecule has 8 heteroatoms. The Bertz CT molecular complexity index is 1950. The molecule has 3 aromatic heterocycles. The van der Waals surface area contributed by atoms with E-state index in [1.807, 2.05) is 97.1 Å². The minimum absolute atomic E-state index is 0. The van der Waals surface area contributed by atoms with Gasteiger partial charge in [0.05, 0.1) is 26.4 Å². The molecule has 57 heavy (non-hydrogen) atoms. The van der Waals surface area contributed by atoms with Gasteiger partial charge in [-0.25, -0.2) is 0 Å². The first-order valence-corrected chi connectivity index (χ1v) is 20.3. The van der Waals surface area contributed by atoms with E-state index in [4.69, 9.17) is 23.9 Å². The van der Waals surface area contributed by atoms with E-state index < -0.39 is 0 Å². The molecule has 0 amide bonds. The SMILES string of the molecule is [Rh+3].[c-]1cc2ccc1-c1cccc(n1)-c1[c-]cc(cc1)OCCCCCCCCOc1cccnc1-c1[c-]c(ccc1)-c1ncccc1OCCCCCCCCO2. The third-order valence-electron chi connectivity index (χ3n) is 9.85. The summed E-state index contributed by atoms with van der Waals surface area (Å²) in [5.74, 6) is 3.19. The second kappa shape index (κ2) is 22.6. The Morgan fingerprint density at radius 1 is 0.404 bits per heavy atom. The van der Waals surface area contributed by atoms with Gasteiger partial charge in [0.1, 0.15) is 11.5 Å². The average molecular weight is 848 g/mol. The Balaban J connectivity index is 0.00000549. The van der Waals surface area contributed by atoms with Gasteiger partial charge in [-0.2, -0.15) is 0 Å². The Morgan fingerprint density at radius 3 is 1.26 bits per heavy atom. The summed E-state index contributed by atoms with van der Waals surface area (Å²) in [6.45, 7) is 2.67. The summed E-state index contributed by atoms with van der Waals surface area (Å²) in [4.78, 5) is 14.3. The van der Waals surface area contributed by atoms with Crippen LogP contribution in [0.1, 0.15) is 77.0 Å². The second-order valence-electron chi connectivity index (χ2n) is 14.1. The summed E-state index contributed by atoms with van der Waals surface area (Å²) in [7, 11) is 0. The second-order valence-corrected chi connectivity index (χ2v) is 14.1. The molecule has 0 unspecified atom stereocenters. The Morgan fingerprint density at radius 2 is 0.825 bits per heavy atom. The first-order valence-electron chi connectivity index (χ1n) is 20.3. The maximum absolute atomic E-state index is 6.27. The Kier molecular flexibility index (Phi) is 16.5. The minimum atomic E-state index is 0. The summed E-state index contributed by atoms with van der Waals surface area (Å²) >= 11 is 0. The zero-order valence-corrected chi connectivity index (χ0v) is 34.2. The molecule has 0 aliphatic carbocycles. The molecule has 8 bridgehead atoms. The number of nitrogens with zero attached hydrogens (tertiary/aromatic N) is 3. The number of ether oxygens (including phenoxy) is 4. The molecule has 4 aliphatic rings. The molecular formula is C49H50N3O4Rh. The molecule has 0 spiro atoms. The molecule has 7 nitrogen and oxygen atoms in total. The summed E-state index contributed by atoms with van der Waals surface area (Å²) in [5, 5.41) is 0. The molecule has 0 radical (unpaired) electrons. The first-order chi connectivity index (χ1) is 27.8. The maximum atomic E-state index is 6.27. The topological polar surface area (TPSA) is 75.6 Å². The Labute approximate surface area is 351 Å². The predicted octanol–water partition coefficient (Wildman–Crippen LogP) is 11.8. The van der Waals surface area contributed by atoms with Crippen molar-refractivity contribution in [1.29, 1.82) is 0 Å². The van der Waals surface area contributed by atoms with Crippen LogP contribution in [0.5, 0.6) is 23.0 Å². The van der Waals surface area contributed by atoms with E-state index in [0.29, 0.717) is 26.4 Å². The van der Waals surface area contributed by atoms with E-state index in [0.717, 1.165) is 132 Å². The molecule has 10 rings (SSSR count). The van der Waals surface area contributed by atoms with Crippen molar-refractivity contribution in [3.63, 3.8) is 0 Å². The van der Waals surface area contributed by atoms with Crippen molar-refractivity contribution in [3.8, 4) is 68.0 Å². The number of rotatable bonds is 0. The van der Waals surface area contributed by atoms with Crippen molar-refractivity contribution in [2.45, 2.75) is 77.0 Å². The molecule has 294 valence electrons. The monoisotopic (exact) mass is 847 g/mol. The van der Waals surface area contributed by atoms with Gasteiger partial charge in [-0.15, -0.1) is 83.9 Å². The molecule has 3 aromatic carbocycles. The quantitative estimate of drug-likeness (QED) is 0.111. The van der Waals surface area contributed by atoms with Gasteiger partial charge < -0.3 is 23.9 Å². The van der Waals surface area contributed by atoms with E-state index in [1.165, 1.54) is 12.8 Å². The van der Waals surface area contributed by atoms with Gasteiger partial charge >= 0.3 is 19.5 Å². The van der Waals surface area contributed by atoms with Crippen LogP contribution in [0.25, 0.3) is 45.0 Å². The van der Waals surface area contributed by atoms with Gasteiger partial charge in [-0.1, -0.05) is 80.7 Å². The fourth-order valence-corrected chi connectivity index (χ4v) is 6.78. The van der Waals surface area contributed by atoms with Crippen molar-refractivity contribution in [2.24, 2.45) is 0 Å².